The van der Waals surface area contributed by atoms with Crippen molar-refractivity contribution in [1.29, 1.82) is 0 Å². The number of ether oxygens (including phenoxy) is 1. The first-order valence-corrected chi connectivity index (χ1v) is 8.38. The van der Waals surface area contributed by atoms with Crippen LogP contribution in [-0.2, 0) is 4.74 Å². The van der Waals surface area contributed by atoms with Crippen molar-refractivity contribution >= 4 is 17.9 Å². The largest absolute Gasteiger partial charge is 0.444 e. The number of alkyl carbamates (subject to hydrolysis) is 1. The molecule has 5 heteroatoms. The topological polar surface area (TPSA) is 50.4 Å². The normalized spacial score (nSPS) is 12.8. The molecule has 0 radical (unpaired) electrons. The van der Waals surface area contributed by atoms with Crippen LogP contribution in [0.5, 0.6) is 0 Å². The molecular formula is C16H26N2O2S. The second-order valence-corrected chi connectivity index (χ2v) is 6.76. The molecule has 1 aromatic rings. The van der Waals surface area contributed by atoms with E-state index < -0.39 is 5.60 Å². The summed E-state index contributed by atoms with van der Waals surface area (Å²) in [5, 5.41) is 6.11. The standard InChI is InChI=1S/C16H26N2O2S/c1-12(13-6-8-14(21-5)9-7-13)17-10-11-18-15(19)20-16(2,3)4/h6-9,12,17H,10-11H2,1-5H3,(H,18,19). The van der Waals surface area contributed by atoms with Crippen LogP contribution in [0.3, 0.4) is 0 Å². The fraction of sp³-hybridized carbons (Fsp3) is 0.562. The van der Waals surface area contributed by atoms with Crippen LogP contribution >= 0.6 is 11.8 Å². The number of rotatable bonds is 6. The lowest BCUT2D eigenvalue weighted by molar-refractivity contribution is 0.0528. The summed E-state index contributed by atoms with van der Waals surface area (Å²) in [7, 11) is 0. The number of nitrogens with one attached hydrogen (secondary N) is 2. The van der Waals surface area contributed by atoms with Gasteiger partial charge in [-0.3, -0.25) is 0 Å². The third kappa shape index (κ3) is 7.39. The first-order valence-electron chi connectivity index (χ1n) is 7.16. The predicted octanol–water partition coefficient (Wildman–Crippen LogP) is 3.58. The van der Waals surface area contributed by atoms with Crippen LogP contribution in [0.4, 0.5) is 4.79 Å². The van der Waals surface area contributed by atoms with Crippen LogP contribution in [0.15, 0.2) is 29.2 Å². The summed E-state index contributed by atoms with van der Waals surface area (Å²) >= 11 is 1.74. The molecule has 0 saturated carbocycles. The van der Waals surface area contributed by atoms with E-state index in [2.05, 4.69) is 48.1 Å². The molecule has 21 heavy (non-hydrogen) atoms. The average Bonchev–Trinajstić information content (AvgIpc) is 2.41. The molecule has 1 amide bonds. The SMILES string of the molecule is CSc1ccc(C(C)NCCNC(=O)OC(C)(C)C)cc1. The van der Waals surface area contributed by atoms with E-state index in [0.29, 0.717) is 13.1 Å². The summed E-state index contributed by atoms with van der Waals surface area (Å²) in [5.74, 6) is 0. The van der Waals surface area contributed by atoms with E-state index in [1.165, 1.54) is 10.5 Å². The van der Waals surface area contributed by atoms with Gasteiger partial charge in [0.25, 0.3) is 0 Å². The van der Waals surface area contributed by atoms with Gasteiger partial charge < -0.3 is 15.4 Å². The van der Waals surface area contributed by atoms with Crippen molar-refractivity contribution in [3.8, 4) is 0 Å². The Morgan fingerprint density at radius 3 is 2.38 bits per heavy atom. The molecule has 0 heterocycles. The van der Waals surface area contributed by atoms with Gasteiger partial charge in [-0.1, -0.05) is 12.1 Å². The van der Waals surface area contributed by atoms with E-state index in [1.807, 2.05) is 20.8 Å². The summed E-state index contributed by atoms with van der Waals surface area (Å²) < 4.78 is 5.17. The summed E-state index contributed by atoms with van der Waals surface area (Å²) in [4.78, 5) is 12.7. The van der Waals surface area contributed by atoms with Crippen LogP contribution in [0.25, 0.3) is 0 Å². The van der Waals surface area contributed by atoms with Crippen LogP contribution in [0.2, 0.25) is 0 Å². The van der Waals surface area contributed by atoms with Crippen molar-refractivity contribution in [2.45, 2.75) is 44.2 Å². The van der Waals surface area contributed by atoms with Gasteiger partial charge in [-0.25, -0.2) is 4.79 Å². The van der Waals surface area contributed by atoms with Gasteiger partial charge in [0, 0.05) is 24.0 Å². The number of thioether (sulfide) groups is 1. The Hall–Kier alpha value is -1.20. The van der Waals surface area contributed by atoms with Crippen molar-refractivity contribution in [3.63, 3.8) is 0 Å². The average molecular weight is 310 g/mol. The minimum absolute atomic E-state index is 0.251. The minimum atomic E-state index is -0.455. The molecule has 0 aliphatic carbocycles. The zero-order chi connectivity index (χ0) is 15.9. The molecule has 1 rings (SSSR count). The van der Waals surface area contributed by atoms with Gasteiger partial charge in [-0.15, -0.1) is 11.8 Å². The van der Waals surface area contributed by atoms with E-state index in [-0.39, 0.29) is 12.1 Å². The summed E-state index contributed by atoms with van der Waals surface area (Å²) in [6.45, 7) is 8.91. The minimum Gasteiger partial charge on any atom is -0.444 e. The molecular weight excluding hydrogens is 284 g/mol. The zero-order valence-corrected chi connectivity index (χ0v) is 14.3. The van der Waals surface area contributed by atoms with Crippen LogP contribution in [0, 0.1) is 0 Å². The first kappa shape index (κ1) is 17.9. The molecule has 0 aliphatic heterocycles. The fourth-order valence-corrected chi connectivity index (χ4v) is 2.19. The van der Waals surface area contributed by atoms with Crippen LogP contribution < -0.4 is 10.6 Å². The lowest BCUT2D eigenvalue weighted by Gasteiger charge is -2.20. The second kappa shape index (κ2) is 8.29. The highest BCUT2D eigenvalue weighted by molar-refractivity contribution is 7.98. The maximum Gasteiger partial charge on any atom is 0.407 e. The number of benzene rings is 1. The molecule has 2 N–H and O–H groups in total. The first-order chi connectivity index (χ1) is 9.81. The maximum absolute atomic E-state index is 11.5. The molecule has 1 aromatic carbocycles. The molecule has 0 aromatic heterocycles. The molecule has 0 aliphatic rings. The summed E-state index contributed by atoms with van der Waals surface area (Å²) in [6.07, 6.45) is 1.69. The van der Waals surface area contributed by atoms with Gasteiger partial charge in [-0.05, 0) is 51.6 Å². The van der Waals surface area contributed by atoms with E-state index >= 15 is 0 Å². The summed E-state index contributed by atoms with van der Waals surface area (Å²) in [6, 6.07) is 8.76. The van der Waals surface area contributed by atoms with Crippen molar-refractivity contribution in [3.05, 3.63) is 29.8 Å². The highest BCUT2D eigenvalue weighted by Crippen LogP contribution is 2.18. The van der Waals surface area contributed by atoms with Crippen molar-refractivity contribution in [1.82, 2.24) is 10.6 Å². The van der Waals surface area contributed by atoms with Crippen LogP contribution in [0.1, 0.15) is 39.3 Å². The maximum atomic E-state index is 11.5. The summed E-state index contributed by atoms with van der Waals surface area (Å²) in [5.41, 5.74) is 0.786. The molecule has 0 saturated heterocycles. The van der Waals surface area contributed by atoms with Gasteiger partial charge in [0.15, 0.2) is 0 Å². The van der Waals surface area contributed by atoms with E-state index in [9.17, 15) is 4.79 Å². The van der Waals surface area contributed by atoms with Crippen molar-refractivity contribution in [2.75, 3.05) is 19.3 Å². The predicted molar refractivity (Wildman–Crippen MR) is 88.9 cm³/mol. The van der Waals surface area contributed by atoms with Crippen LogP contribution in [-0.4, -0.2) is 31.0 Å². The van der Waals surface area contributed by atoms with Gasteiger partial charge >= 0.3 is 6.09 Å². The molecule has 0 bridgehead atoms. The van der Waals surface area contributed by atoms with Gasteiger partial charge in [0.1, 0.15) is 5.60 Å². The Kier molecular flexibility index (Phi) is 7.05. The molecule has 118 valence electrons. The molecule has 4 nitrogen and oxygen atoms in total. The Balaban J connectivity index is 2.27. The fourth-order valence-electron chi connectivity index (χ4n) is 1.78. The van der Waals surface area contributed by atoms with Gasteiger partial charge in [0.05, 0.1) is 0 Å². The lowest BCUT2D eigenvalue weighted by atomic mass is 10.1. The monoisotopic (exact) mass is 310 g/mol. The number of carbonyl (C=O) groups excluding carboxylic acids is 1. The number of hydrogen-bond acceptors (Lipinski definition) is 4. The smallest absolute Gasteiger partial charge is 0.407 e. The second-order valence-electron chi connectivity index (χ2n) is 5.88. The third-order valence-corrected chi connectivity index (χ3v) is 3.60. The van der Waals surface area contributed by atoms with Crippen molar-refractivity contribution < 1.29 is 9.53 Å². The molecule has 0 spiro atoms. The number of amides is 1. The van der Waals surface area contributed by atoms with E-state index in [0.717, 1.165) is 0 Å². The molecule has 1 atom stereocenters. The number of hydrogen-bond donors (Lipinski definition) is 2. The molecule has 0 fully saturated rings. The highest BCUT2D eigenvalue weighted by Gasteiger charge is 2.15. The lowest BCUT2D eigenvalue weighted by Crippen LogP contribution is -2.36. The zero-order valence-electron chi connectivity index (χ0n) is 13.5. The quantitative estimate of drug-likeness (QED) is 0.623. The number of carbonyl (C=O) groups is 1. The van der Waals surface area contributed by atoms with Gasteiger partial charge in [-0.2, -0.15) is 0 Å². The Morgan fingerprint density at radius 1 is 1.24 bits per heavy atom. The van der Waals surface area contributed by atoms with E-state index in [1.54, 1.807) is 11.8 Å². The Morgan fingerprint density at radius 2 is 1.86 bits per heavy atom. The molecule has 1 unspecified atom stereocenters. The van der Waals surface area contributed by atoms with Gasteiger partial charge in [0.2, 0.25) is 0 Å². The highest BCUT2D eigenvalue weighted by atomic mass is 32.2. The van der Waals surface area contributed by atoms with E-state index in [4.69, 9.17) is 4.74 Å². The Labute approximate surface area is 132 Å². The Bertz CT molecular complexity index is 441. The van der Waals surface area contributed by atoms with Crippen molar-refractivity contribution in [2.24, 2.45) is 0 Å². The third-order valence-electron chi connectivity index (χ3n) is 2.86.